The second-order valence-electron chi connectivity index (χ2n) is 5.90. The predicted molar refractivity (Wildman–Crippen MR) is 83.6 cm³/mol. The number of aromatic nitrogens is 3. The zero-order valence-electron chi connectivity index (χ0n) is 12.9. The number of nitrogens with zero attached hydrogens (tertiary/aromatic N) is 4. The number of aliphatic hydroxyl groups is 3. The Balaban J connectivity index is 2.14. The fourth-order valence-electron chi connectivity index (χ4n) is 3.08. The van der Waals surface area contributed by atoms with E-state index in [9.17, 15) is 10.2 Å². The molecule has 0 saturated carbocycles. The van der Waals surface area contributed by atoms with Gasteiger partial charge in [0, 0.05) is 18.4 Å². The van der Waals surface area contributed by atoms with Crippen LogP contribution in [-0.2, 0) is 4.74 Å². The topological polar surface area (TPSA) is 159 Å². The van der Waals surface area contributed by atoms with E-state index in [2.05, 4.69) is 15.1 Å². The number of hydrogen-bond acceptors (Lipinski definition) is 9. The lowest BCUT2D eigenvalue weighted by atomic mass is 9.95. The molecule has 0 aromatic carbocycles. The second kappa shape index (κ2) is 5.98. The van der Waals surface area contributed by atoms with E-state index < -0.39 is 24.0 Å². The molecule has 0 spiro atoms. The molecular weight excluding hydrogens is 318 g/mol. The first-order chi connectivity index (χ1) is 11.4. The molecule has 3 rings (SSSR count). The van der Waals surface area contributed by atoms with Gasteiger partial charge in [-0.2, -0.15) is 0 Å². The van der Waals surface area contributed by atoms with Gasteiger partial charge in [0.2, 0.25) is 0 Å². The Morgan fingerprint density at radius 1 is 1.50 bits per heavy atom. The zero-order valence-corrected chi connectivity index (χ0v) is 12.9. The summed E-state index contributed by atoms with van der Waals surface area (Å²) >= 11 is 0. The Labute approximate surface area is 136 Å². The molecule has 3 unspecified atom stereocenters. The van der Waals surface area contributed by atoms with Crippen LogP contribution < -0.4 is 5.73 Å². The molecule has 0 amide bonds. The minimum Gasteiger partial charge on any atom is -0.411 e. The Morgan fingerprint density at radius 2 is 2.25 bits per heavy atom. The molecule has 6 N–H and O–H groups in total. The molecule has 0 radical (unpaired) electrons. The number of fused-ring (bicyclic) bond motifs is 1. The Morgan fingerprint density at radius 3 is 2.92 bits per heavy atom. The highest BCUT2D eigenvalue weighted by Gasteiger charge is 2.53. The largest absolute Gasteiger partial charge is 0.411 e. The second-order valence-corrected chi connectivity index (χ2v) is 5.90. The summed E-state index contributed by atoms with van der Waals surface area (Å²) < 4.78 is 7.25. The van der Waals surface area contributed by atoms with E-state index in [0.29, 0.717) is 16.6 Å². The molecule has 0 aliphatic carbocycles. The maximum atomic E-state index is 10.7. The van der Waals surface area contributed by atoms with Crippen molar-refractivity contribution in [3.63, 3.8) is 0 Å². The third-order valence-electron chi connectivity index (χ3n) is 4.29. The third-order valence-corrected chi connectivity index (χ3v) is 4.29. The lowest BCUT2D eigenvalue weighted by Crippen LogP contribution is -2.43. The van der Waals surface area contributed by atoms with E-state index in [1.807, 2.05) is 0 Å². The van der Waals surface area contributed by atoms with Crippen molar-refractivity contribution in [3.8, 4) is 0 Å². The van der Waals surface area contributed by atoms with Gasteiger partial charge in [-0.1, -0.05) is 5.16 Å². The number of ether oxygens (including phenoxy) is 1. The first-order valence-electron chi connectivity index (χ1n) is 7.37. The number of oxime groups is 1. The van der Waals surface area contributed by atoms with Crippen LogP contribution in [0.2, 0.25) is 0 Å². The summed E-state index contributed by atoms with van der Waals surface area (Å²) in [6.45, 7) is 1.25. The number of aliphatic hydroxyl groups excluding tert-OH is 2. The lowest BCUT2D eigenvalue weighted by Gasteiger charge is -2.27. The van der Waals surface area contributed by atoms with Gasteiger partial charge in [0.05, 0.1) is 17.7 Å². The van der Waals surface area contributed by atoms with Crippen LogP contribution in [0.5, 0.6) is 0 Å². The fourth-order valence-corrected chi connectivity index (χ4v) is 3.08. The molecule has 1 fully saturated rings. The molecule has 24 heavy (non-hydrogen) atoms. The molecule has 2 aromatic heterocycles. The smallest absolute Gasteiger partial charge is 0.166 e. The molecule has 0 bridgehead atoms. The van der Waals surface area contributed by atoms with Crippen molar-refractivity contribution < 1.29 is 25.3 Å². The van der Waals surface area contributed by atoms with Crippen molar-refractivity contribution in [2.75, 3.05) is 12.3 Å². The van der Waals surface area contributed by atoms with E-state index in [1.165, 1.54) is 24.0 Å². The molecule has 4 atom stereocenters. The van der Waals surface area contributed by atoms with Gasteiger partial charge in [0.1, 0.15) is 29.5 Å². The van der Waals surface area contributed by atoms with E-state index in [4.69, 9.17) is 20.8 Å². The van der Waals surface area contributed by atoms with Crippen molar-refractivity contribution in [1.82, 2.24) is 14.5 Å². The minimum absolute atomic E-state index is 0.176. The summed E-state index contributed by atoms with van der Waals surface area (Å²) in [5.74, 6) is 0.179. The van der Waals surface area contributed by atoms with Gasteiger partial charge in [-0.15, -0.1) is 0 Å². The highest BCUT2D eigenvalue weighted by molar-refractivity contribution is 6.02. The van der Waals surface area contributed by atoms with Crippen molar-refractivity contribution in [2.24, 2.45) is 5.16 Å². The van der Waals surface area contributed by atoms with Crippen LogP contribution in [-0.4, -0.2) is 65.7 Å². The average molecular weight is 337 g/mol. The highest BCUT2D eigenvalue weighted by atomic mass is 16.6. The lowest BCUT2D eigenvalue weighted by molar-refractivity contribution is -0.0940. The molecule has 10 nitrogen and oxygen atoms in total. The fraction of sp³-hybridized carbons (Fsp3) is 0.500. The molecule has 2 aromatic rings. The summed E-state index contributed by atoms with van der Waals surface area (Å²) in [7, 11) is 0. The van der Waals surface area contributed by atoms with Crippen molar-refractivity contribution in [3.05, 3.63) is 18.1 Å². The summed E-state index contributed by atoms with van der Waals surface area (Å²) in [4.78, 5) is 8.07. The van der Waals surface area contributed by atoms with Crippen LogP contribution in [0, 0.1) is 0 Å². The summed E-state index contributed by atoms with van der Waals surface area (Å²) in [5, 5.41) is 42.4. The minimum atomic E-state index is -1.63. The summed E-state index contributed by atoms with van der Waals surface area (Å²) in [6.07, 6.45) is 1.26. The average Bonchev–Trinajstić information content (AvgIpc) is 3.00. The third kappa shape index (κ3) is 2.40. The van der Waals surface area contributed by atoms with E-state index in [1.54, 1.807) is 6.20 Å². The maximum Gasteiger partial charge on any atom is 0.166 e. The number of anilines is 1. The standard InChI is InChI=1S/C14H19N5O5/c1-14(22)10(21)8(2-3-20)24-13(14)19-5-7(4-18-23)9-11(15)16-6-17-12(9)19/h4-6,8,10,13,20-23H,2-3H2,1H3,(H2,15,16,17)/b18-4-/t8?,10?,13?,14-/m1/s1. The van der Waals surface area contributed by atoms with Crippen molar-refractivity contribution in [1.29, 1.82) is 0 Å². The molecule has 1 saturated heterocycles. The summed E-state index contributed by atoms with van der Waals surface area (Å²) in [6, 6.07) is 0. The SMILES string of the molecule is C[C@@]1(O)C(O)C(CCO)OC1n1cc(/C=N\O)c2c(N)ncnc21. The van der Waals surface area contributed by atoms with Crippen LogP contribution >= 0.6 is 0 Å². The van der Waals surface area contributed by atoms with E-state index >= 15 is 0 Å². The molecule has 1 aliphatic heterocycles. The monoisotopic (exact) mass is 337 g/mol. The van der Waals surface area contributed by atoms with Crippen molar-refractivity contribution >= 4 is 23.1 Å². The highest BCUT2D eigenvalue weighted by Crippen LogP contribution is 2.41. The number of nitrogen functional groups attached to an aromatic ring is 1. The van der Waals surface area contributed by atoms with Gasteiger partial charge in [-0.3, -0.25) is 0 Å². The summed E-state index contributed by atoms with van der Waals surface area (Å²) in [5.41, 5.74) is 5.05. The van der Waals surface area contributed by atoms with Gasteiger partial charge in [-0.05, 0) is 13.3 Å². The Kier molecular flexibility index (Phi) is 4.13. The van der Waals surface area contributed by atoms with Gasteiger partial charge in [0.15, 0.2) is 6.23 Å². The number of rotatable bonds is 4. The predicted octanol–water partition coefficient (Wildman–Crippen LogP) is -0.787. The van der Waals surface area contributed by atoms with Gasteiger partial charge >= 0.3 is 0 Å². The molecule has 1 aliphatic rings. The molecular formula is C14H19N5O5. The first kappa shape index (κ1) is 16.6. The molecule has 130 valence electrons. The molecule has 10 heteroatoms. The number of nitrogens with two attached hydrogens (primary N) is 1. The zero-order chi connectivity index (χ0) is 17.5. The van der Waals surface area contributed by atoms with E-state index in [-0.39, 0.29) is 18.8 Å². The van der Waals surface area contributed by atoms with Crippen LogP contribution in [0.25, 0.3) is 11.0 Å². The quantitative estimate of drug-likeness (QED) is 0.276. The van der Waals surface area contributed by atoms with Crippen LogP contribution in [0.1, 0.15) is 25.1 Å². The van der Waals surface area contributed by atoms with Crippen molar-refractivity contribution in [2.45, 2.75) is 37.4 Å². The maximum absolute atomic E-state index is 10.7. The Bertz CT molecular complexity index is 774. The van der Waals surface area contributed by atoms with Gasteiger partial charge < -0.3 is 35.6 Å². The van der Waals surface area contributed by atoms with E-state index in [0.717, 1.165) is 0 Å². The van der Waals surface area contributed by atoms with Gasteiger partial charge in [-0.25, -0.2) is 9.97 Å². The first-order valence-corrected chi connectivity index (χ1v) is 7.37. The van der Waals surface area contributed by atoms with Crippen LogP contribution in [0.4, 0.5) is 5.82 Å². The molecule has 3 heterocycles. The Hall–Kier alpha value is -2.27. The van der Waals surface area contributed by atoms with Crippen LogP contribution in [0.3, 0.4) is 0 Å². The van der Waals surface area contributed by atoms with Gasteiger partial charge in [0.25, 0.3) is 0 Å². The van der Waals surface area contributed by atoms with Crippen LogP contribution in [0.15, 0.2) is 17.7 Å². The normalized spacial score (nSPS) is 30.6. The number of hydrogen-bond donors (Lipinski definition) is 5.